The van der Waals surface area contributed by atoms with Gasteiger partial charge in [0.2, 0.25) is 5.91 Å². The lowest BCUT2D eigenvalue weighted by molar-refractivity contribution is -0.116. The zero-order valence-electron chi connectivity index (χ0n) is 11.7. The highest BCUT2D eigenvalue weighted by Gasteiger charge is 2.18. The standard InChI is InChI=1S/C17H16ClNO2/c1-10-2-5-13(18)9-14(10)17(21)12-3-6-15-11(8-12)4-7-16(20)19-15/h2-3,5-6,8-9,17,21H,4,7H2,1H3,(H,19,20). The van der Waals surface area contributed by atoms with Crippen LogP contribution in [0.5, 0.6) is 0 Å². The van der Waals surface area contributed by atoms with Crippen molar-refractivity contribution in [3.05, 3.63) is 63.7 Å². The van der Waals surface area contributed by atoms with E-state index in [0.717, 1.165) is 27.9 Å². The van der Waals surface area contributed by atoms with Crippen molar-refractivity contribution in [3.8, 4) is 0 Å². The van der Waals surface area contributed by atoms with Crippen LogP contribution in [-0.4, -0.2) is 11.0 Å². The minimum atomic E-state index is -0.716. The molecule has 0 saturated heterocycles. The van der Waals surface area contributed by atoms with Crippen LogP contribution in [-0.2, 0) is 11.2 Å². The van der Waals surface area contributed by atoms with E-state index in [0.29, 0.717) is 17.9 Å². The molecule has 0 radical (unpaired) electrons. The maximum absolute atomic E-state index is 11.4. The number of benzene rings is 2. The number of halogens is 1. The molecule has 0 spiro atoms. The van der Waals surface area contributed by atoms with Gasteiger partial charge >= 0.3 is 0 Å². The number of amides is 1. The van der Waals surface area contributed by atoms with Gasteiger partial charge in [-0.1, -0.05) is 29.8 Å². The quantitative estimate of drug-likeness (QED) is 0.890. The van der Waals surface area contributed by atoms with E-state index in [2.05, 4.69) is 5.32 Å². The molecule has 0 bridgehead atoms. The second kappa shape index (κ2) is 5.51. The van der Waals surface area contributed by atoms with Gasteiger partial charge in [0.15, 0.2) is 0 Å². The predicted octanol–water partition coefficient (Wildman–Crippen LogP) is 3.61. The smallest absolute Gasteiger partial charge is 0.224 e. The number of anilines is 1. The van der Waals surface area contributed by atoms with Gasteiger partial charge in [0.25, 0.3) is 0 Å². The van der Waals surface area contributed by atoms with E-state index < -0.39 is 6.10 Å². The third-order valence-electron chi connectivity index (χ3n) is 3.88. The zero-order chi connectivity index (χ0) is 15.0. The van der Waals surface area contributed by atoms with Gasteiger partial charge in [0.1, 0.15) is 6.10 Å². The molecule has 2 N–H and O–H groups in total. The molecule has 108 valence electrons. The second-order valence-electron chi connectivity index (χ2n) is 5.37. The minimum Gasteiger partial charge on any atom is -0.384 e. The molecule has 2 aromatic rings. The molecule has 1 atom stereocenters. The number of aliphatic hydroxyl groups is 1. The van der Waals surface area contributed by atoms with Crippen molar-refractivity contribution in [2.45, 2.75) is 25.9 Å². The summed E-state index contributed by atoms with van der Waals surface area (Å²) in [6, 6.07) is 11.2. The van der Waals surface area contributed by atoms with Gasteiger partial charge in [-0.2, -0.15) is 0 Å². The van der Waals surface area contributed by atoms with Crippen LogP contribution in [0.25, 0.3) is 0 Å². The van der Waals surface area contributed by atoms with Crippen molar-refractivity contribution < 1.29 is 9.90 Å². The van der Waals surface area contributed by atoms with Crippen molar-refractivity contribution in [2.75, 3.05) is 5.32 Å². The van der Waals surface area contributed by atoms with E-state index in [1.807, 2.05) is 37.3 Å². The Balaban J connectivity index is 1.97. The van der Waals surface area contributed by atoms with Crippen LogP contribution in [0.4, 0.5) is 5.69 Å². The topological polar surface area (TPSA) is 49.3 Å². The highest BCUT2D eigenvalue weighted by molar-refractivity contribution is 6.30. The molecule has 3 nitrogen and oxygen atoms in total. The van der Waals surface area contributed by atoms with Crippen LogP contribution < -0.4 is 5.32 Å². The molecule has 2 aromatic carbocycles. The summed E-state index contributed by atoms with van der Waals surface area (Å²) in [7, 11) is 0. The Morgan fingerprint density at radius 3 is 2.81 bits per heavy atom. The van der Waals surface area contributed by atoms with Gasteiger partial charge in [-0.05, 0) is 53.8 Å². The van der Waals surface area contributed by atoms with Crippen molar-refractivity contribution in [1.82, 2.24) is 0 Å². The lowest BCUT2D eigenvalue weighted by Crippen LogP contribution is -2.19. The zero-order valence-corrected chi connectivity index (χ0v) is 12.4. The molecule has 3 rings (SSSR count). The molecule has 1 aliphatic rings. The average Bonchev–Trinajstić information content (AvgIpc) is 2.48. The van der Waals surface area contributed by atoms with E-state index >= 15 is 0 Å². The summed E-state index contributed by atoms with van der Waals surface area (Å²) in [5.41, 5.74) is 4.52. The van der Waals surface area contributed by atoms with E-state index in [9.17, 15) is 9.90 Å². The number of aryl methyl sites for hydroxylation is 2. The van der Waals surface area contributed by atoms with E-state index in [-0.39, 0.29) is 5.91 Å². The predicted molar refractivity (Wildman–Crippen MR) is 83.6 cm³/mol. The number of nitrogens with one attached hydrogen (secondary N) is 1. The molecule has 21 heavy (non-hydrogen) atoms. The fourth-order valence-electron chi connectivity index (χ4n) is 2.66. The van der Waals surface area contributed by atoms with Crippen LogP contribution >= 0.6 is 11.6 Å². The van der Waals surface area contributed by atoms with Crippen LogP contribution in [0.3, 0.4) is 0 Å². The summed E-state index contributed by atoms with van der Waals surface area (Å²) in [5, 5.41) is 14.1. The normalized spacial score (nSPS) is 15.3. The SMILES string of the molecule is Cc1ccc(Cl)cc1C(O)c1ccc2c(c1)CCC(=O)N2. The van der Waals surface area contributed by atoms with Gasteiger partial charge in [-0.25, -0.2) is 0 Å². The number of carbonyl (C=O) groups is 1. The molecule has 1 heterocycles. The highest BCUT2D eigenvalue weighted by atomic mass is 35.5. The molecule has 0 saturated carbocycles. The summed E-state index contributed by atoms with van der Waals surface area (Å²) in [4.78, 5) is 11.4. The fraction of sp³-hybridized carbons (Fsp3) is 0.235. The van der Waals surface area contributed by atoms with Crippen molar-refractivity contribution in [2.24, 2.45) is 0 Å². The molecule has 0 fully saturated rings. The van der Waals surface area contributed by atoms with Crippen LogP contribution in [0, 0.1) is 6.92 Å². The van der Waals surface area contributed by atoms with E-state index in [4.69, 9.17) is 11.6 Å². The molecular formula is C17H16ClNO2. The average molecular weight is 302 g/mol. The van der Waals surface area contributed by atoms with Gasteiger partial charge in [-0.15, -0.1) is 0 Å². The van der Waals surface area contributed by atoms with E-state index in [1.165, 1.54) is 0 Å². The molecular weight excluding hydrogens is 286 g/mol. The Labute approximate surface area is 128 Å². The number of fused-ring (bicyclic) bond motifs is 1. The van der Waals surface area contributed by atoms with Crippen LogP contribution in [0.15, 0.2) is 36.4 Å². The van der Waals surface area contributed by atoms with Crippen LogP contribution in [0.2, 0.25) is 5.02 Å². The van der Waals surface area contributed by atoms with Crippen molar-refractivity contribution >= 4 is 23.2 Å². The third-order valence-corrected chi connectivity index (χ3v) is 4.11. The number of carbonyl (C=O) groups excluding carboxylic acids is 1. The molecule has 4 heteroatoms. The number of aliphatic hydroxyl groups excluding tert-OH is 1. The van der Waals surface area contributed by atoms with Gasteiger partial charge in [-0.3, -0.25) is 4.79 Å². The molecule has 1 amide bonds. The highest BCUT2D eigenvalue weighted by Crippen LogP contribution is 2.31. The summed E-state index contributed by atoms with van der Waals surface area (Å²) in [6.45, 7) is 1.95. The Morgan fingerprint density at radius 1 is 1.19 bits per heavy atom. The molecule has 0 aromatic heterocycles. The molecule has 0 aliphatic carbocycles. The summed E-state index contributed by atoms with van der Waals surface area (Å²) in [5.74, 6) is 0.0430. The Hall–Kier alpha value is -1.84. The number of rotatable bonds is 2. The van der Waals surface area contributed by atoms with Crippen LogP contribution in [0.1, 0.15) is 34.8 Å². The first-order valence-electron chi connectivity index (χ1n) is 6.91. The van der Waals surface area contributed by atoms with Gasteiger partial charge in [0, 0.05) is 17.1 Å². The Morgan fingerprint density at radius 2 is 2.00 bits per heavy atom. The summed E-state index contributed by atoms with van der Waals surface area (Å²) < 4.78 is 0. The first-order valence-corrected chi connectivity index (χ1v) is 7.29. The largest absolute Gasteiger partial charge is 0.384 e. The summed E-state index contributed by atoms with van der Waals surface area (Å²) in [6.07, 6.45) is 0.477. The van der Waals surface area contributed by atoms with Gasteiger partial charge in [0.05, 0.1) is 0 Å². The Bertz CT molecular complexity index is 712. The first-order chi connectivity index (χ1) is 10.0. The fourth-order valence-corrected chi connectivity index (χ4v) is 2.84. The van der Waals surface area contributed by atoms with E-state index in [1.54, 1.807) is 6.07 Å². The lowest BCUT2D eigenvalue weighted by atomic mass is 9.93. The maximum Gasteiger partial charge on any atom is 0.224 e. The number of hydrogen-bond donors (Lipinski definition) is 2. The maximum atomic E-state index is 11.4. The molecule has 1 aliphatic heterocycles. The second-order valence-corrected chi connectivity index (χ2v) is 5.80. The monoisotopic (exact) mass is 301 g/mol. The van der Waals surface area contributed by atoms with Gasteiger partial charge < -0.3 is 10.4 Å². The Kier molecular flexibility index (Phi) is 3.70. The molecule has 1 unspecified atom stereocenters. The lowest BCUT2D eigenvalue weighted by Gasteiger charge is -2.20. The van der Waals surface area contributed by atoms with Crippen molar-refractivity contribution in [1.29, 1.82) is 0 Å². The number of hydrogen-bond acceptors (Lipinski definition) is 2. The third kappa shape index (κ3) is 2.80. The first kappa shape index (κ1) is 14.1. The van der Waals surface area contributed by atoms with Crippen molar-refractivity contribution in [3.63, 3.8) is 0 Å². The minimum absolute atomic E-state index is 0.0430. The summed E-state index contributed by atoms with van der Waals surface area (Å²) >= 11 is 6.02.